The lowest BCUT2D eigenvalue weighted by molar-refractivity contribution is 0.317. The summed E-state index contributed by atoms with van der Waals surface area (Å²) in [5, 5.41) is 4.46. The summed E-state index contributed by atoms with van der Waals surface area (Å²) < 4.78 is 5.58. The first-order valence-electron chi connectivity index (χ1n) is 5.33. The number of ether oxygens (including phenoxy) is 1. The van der Waals surface area contributed by atoms with Crippen LogP contribution in [0.4, 0.5) is 5.69 Å². The van der Waals surface area contributed by atoms with Crippen LogP contribution < -0.4 is 10.1 Å². The summed E-state index contributed by atoms with van der Waals surface area (Å²) in [7, 11) is 0. The molecule has 1 aliphatic heterocycles. The second-order valence-corrected chi connectivity index (χ2v) is 3.62. The van der Waals surface area contributed by atoms with Gasteiger partial charge in [-0.1, -0.05) is 6.92 Å². The van der Waals surface area contributed by atoms with Gasteiger partial charge in [-0.2, -0.15) is 0 Å². The zero-order valence-electron chi connectivity index (χ0n) is 8.62. The topological polar surface area (TPSA) is 23.3 Å². The quantitative estimate of drug-likeness (QED) is 0.718. The minimum absolute atomic E-state index is 0.802. The lowest BCUT2D eigenvalue weighted by atomic mass is 10.0. The smallest absolute Gasteiger partial charge is 0.119 e. The number of nitrogens with zero attached hydrogens (tertiary/aromatic N) is 1. The van der Waals surface area contributed by atoms with Gasteiger partial charge in [0.2, 0.25) is 0 Å². The Bertz CT molecular complexity index is 309. The van der Waals surface area contributed by atoms with Gasteiger partial charge in [0.15, 0.2) is 0 Å². The Hall–Kier alpha value is -1.18. The molecule has 1 aromatic rings. The minimum atomic E-state index is 0.802. The highest BCUT2D eigenvalue weighted by atomic mass is 16.5. The first-order valence-corrected chi connectivity index (χ1v) is 5.33. The molecule has 1 radical (unpaired) electrons. The van der Waals surface area contributed by atoms with Crippen LogP contribution in [0.2, 0.25) is 0 Å². The van der Waals surface area contributed by atoms with E-state index in [1.807, 2.05) is 6.07 Å². The van der Waals surface area contributed by atoms with E-state index in [0.717, 1.165) is 37.4 Å². The van der Waals surface area contributed by atoms with Crippen molar-refractivity contribution in [2.24, 2.45) is 0 Å². The molecule has 0 saturated carbocycles. The van der Waals surface area contributed by atoms with E-state index in [9.17, 15) is 0 Å². The molecule has 0 unspecified atom stereocenters. The molecule has 1 aromatic carbocycles. The van der Waals surface area contributed by atoms with E-state index in [1.165, 1.54) is 12.0 Å². The summed E-state index contributed by atoms with van der Waals surface area (Å²) in [6, 6.07) is 6.22. The fraction of sp³-hybridized carbons (Fsp3) is 0.500. The molecular formula is C12H16NO. The van der Waals surface area contributed by atoms with Crippen molar-refractivity contribution in [3.05, 3.63) is 23.8 Å². The normalized spacial score (nSPS) is 14.4. The first-order chi connectivity index (χ1) is 6.90. The summed E-state index contributed by atoms with van der Waals surface area (Å²) in [6.45, 7) is 3.89. The molecule has 2 heteroatoms. The zero-order valence-corrected chi connectivity index (χ0v) is 8.62. The second-order valence-electron chi connectivity index (χ2n) is 3.62. The van der Waals surface area contributed by atoms with Gasteiger partial charge in [-0.05, 0) is 43.0 Å². The molecule has 0 saturated heterocycles. The number of benzene rings is 1. The number of rotatable bonds is 3. The molecule has 1 heterocycles. The Kier molecular flexibility index (Phi) is 2.92. The fourth-order valence-corrected chi connectivity index (χ4v) is 1.70. The lowest BCUT2D eigenvalue weighted by Crippen LogP contribution is -2.10. The van der Waals surface area contributed by atoms with Gasteiger partial charge in [-0.15, -0.1) is 0 Å². The van der Waals surface area contributed by atoms with Crippen LogP contribution in [0.25, 0.3) is 0 Å². The molecule has 0 N–H and O–H groups in total. The second kappa shape index (κ2) is 4.36. The average Bonchev–Trinajstić information content (AvgIpc) is 2.26. The molecule has 2 rings (SSSR count). The number of hydrogen-bond acceptors (Lipinski definition) is 1. The largest absolute Gasteiger partial charge is 0.494 e. The minimum Gasteiger partial charge on any atom is -0.494 e. The van der Waals surface area contributed by atoms with Crippen molar-refractivity contribution in [1.82, 2.24) is 5.32 Å². The highest BCUT2D eigenvalue weighted by Gasteiger charge is 2.10. The molecular weight excluding hydrogens is 174 g/mol. The molecule has 0 aromatic heterocycles. The van der Waals surface area contributed by atoms with Crippen molar-refractivity contribution in [3.63, 3.8) is 0 Å². The summed E-state index contributed by atoms with van der Waals surface area (Å²) in [4.78, 5) is 0. The van der Waals surface area contributed by atoms with Crippen LogP contribution in [0.3, 0.4) is 0 Å². The van der Waals surface area contributed by atoms with Crippen molar-refractivity contribution in [2.75, 3.05) is 13.2 Å². The highest BCUT2D eigenvalue weighted by molar-refractivity contribution is 5.50. The van der Waals surface area contributed by atoms with Gasteiger partial charge in [0, 0.05) is 6.54 Å². The Labute approximate surface area is 85.3 Å². The van der Waals surface area contributed by atoms with Crippen molar-refractivity contribution in [2.45, 2.75) is 26.2 Å². The lowest BCUT2D eigenvalue weighted by Gasteiger charge is -2.16. The molecule has 0 aliphatic carbocycles. The van der Waals surface area contributed by atoms with Crippen LogP contribution in [0.15, 0.2) is 18.2 Å². The molecule has 0 amide bonds. The SMILES string of the molecule is CCCOc1ccc2c(c1)CCC[N]2. The van der Waals surface area contributed by atoms with Crippen molar-refractivity contribution in [3.8, 4) is 5.75 Å². The molecule has 14 heavy (non-hydrogen) atoms. The average molecular weight is 190 g/mol. The van der Waals surface area contributed by atoms with E-state index in [1.54, 1.807) is 0 Å². The molecule has 75 valence electrons. The summed E-state index contributed by atoms with van der Waals surface area (Å²) in [5.74, 6) is 0.989. The van der Waals surface area contributed by atoms with Gasteiger partial charge in [0.05, 0.1) is 12.3 Å². The van der Waals surface area contributed by atoms with Gasteiger partial charge in [-0.3, -0.25) is 5.32 Å². The molecule has 2 nitrogen and oxygen atoms in total. The van der Waals surface area contributed by atoms with Crippen LogP contribution in [0, 0.1) is 0 Å². The van der Waals surface area contributed by atoms with E-state index >= 15 is 0 Å². The van der Waals surface area contributed by atoms with Gasteiger partial charge in [-0.25, -0.2) is 0 Å². The van der Waals surface area contributed by atoms with E-state index in [0.29, 0.717) is 0 Å². The third-order valence-corrected chi connectivity index (χ3v) is 2.41. The van der Waals surface area contributed by atoms with Crippen molar-refractivity contribution >= 4 is 5.69 Å². The predicted octanol–water partition coefficient (Wildman–Crippen LogP) is 2.66. The highest BCUT2D eigenvalue weighted by Crippen LogP contribution is 2.26. The summed E-state index contributed by atoms with van der Waals surface area (Å²) in [6.07, 6.45) is 3.37. The molecule has 0 bridgehead atoms. The molecule has 1 aliphatic rings. The van der Waals surface area contributed by atoms with Crippen molar-refractivity contribution in [1.29, 1.82) is 0 Å². The number of hydrogen-bond donors (Lipinski definition) is 0. The van der Waals surface area contributed by atoms with Crippen LogP contribution >= 0.6 is 0 Å². The Balaban J connectivity index is 2.12. The van der Waals surface area contributed by atoms with E-state index in [-0.39, 0.29) is 0 Å². The zero-order chi connectivity index (χ0) is 9.80. The number of aryl methyl sites for hydroxylation is 1. The Morgan fingerprint density at radius 1 is 1.43 bits per heavy atom. The predicted molar refractivity (Wildman–Crippen MR) is 57.2 cm³/mol. The maximum absolute atomic E-state index is 5.58. The molecule has 0 atom stereocenters. The van der Waals surface area contributed by atoms with Crippen LogP contribution in [-0.4, -0.2) is 13.2 Å². The molecule has 0 spiro atoms. The first kappa shape index (κ1) is 9.38. The van der Waals surface area contributed by atoms with Gasteiger partial charge in [0.1, 0.15) is 5.75 Å². The van der Waals surface area contributed by atoms with Crippen molar-refractivity contribution < 1.29 is 4.74 Å². The number of fused-ring (bicyclic) bond motifs is 1. The standard InChI is InChI=1S/C12H16NO/c1-2-8-14-11-5-6-12-10(9-11)4-3-7-13-12/h5-6,9H,2-4,7-8H2,1H3. The van der Waals surface area contributed by atoms with E-state index < -0.39 is 0 Å². The fourth-order valence-electron chi connectivity index (χ4n) is 1.70. The monoisotopic (exact) mass is 190 g/mol. The van der Waals surface area contributed by atoms with E-state index in [4.69, 9.17) is 4.74 Å². The van der Waals surface area contributed by atoms with Crippen LogP contribution in [0.5, 0.6) is 5.75 Å². The summed E-state index contributed by atoms with van der Waals surface area (Å²) in [5.41, 5.74) is 2.49. The Morgan fingerprint density at radius 2 is 2.36 bits per heavy atom. The van der Waals surface area contributed by atoms with Crippen LogP contribution in [-0.2, 0) is 6.42 Å². The van der Waals surface area contributed by atoms with Crippen LogP contribution in [0.1, 0.15) is 25.3 Å². The third-order valence-electron chi connectivity index (χ3n) is 2.41. The van der Waals surface area contributed by atoms with Gasteiger partial charge in [0.25, 0.3) is 0 Å². The van der Waals surface area contributed by atoms with Gasteiger partial charge < -0.3 is 4.74 Å². The van der Waals surface area contributed by atoms with E-state index in [2.05, 4.69) is 24.4 Å². The van der Waals surface area contributed by atoms with Gasteiger partial charge >= 0.3 is 0 Å². The summed E-state index contributed by atoms with van der Waals surface area (Å²) >= 11 is 0. The maximum atomic E-state index is 5.58. The maximum Gasteiger partial charge on any atom is 0.119 e. The Morgan fingerprint density at radius 3 is 3.21 bits per heavy atom. The third kappa shape index (κ3) is 2.00. The molecule has 0 fully saturated rings.